The first kappa shape index (κ1) is 11.5. The summed E-state index contributed by atoms with van der Waals surface area (Å²) < 4.78 is 0. The standard InChI is InChI=1S/C10H15N3O2/c1-2-5-11-7-9(14)13-8-4-3-6-12-10(8)15/h1,8,11H,3-7H2,(H,12,15)(H,13,14). The fourth-order valence-electron chi connectivity index (χ4n) is 1.40. The normalized spacial score (nSPS) is 20.2. The first-order valence-corrected chi connectivity index (χ1v) is 4.95. The summed E-state index contributed by atoms with van der Waals surface area (Å²) in [5, 5.41) is 8.10. The van der Waals surface area contributed by atoms with E-state index in [1.165, 1.54) is 0 Å². The fourth-order valence-corrected chi connectivity index (χ4v) is 1.40. The Kier molecular flexibility index (Phi) is 4.64. The van der Waals surface area contributed by atoms with E-state index >= 15 is 0 Å². The second-order valence-electron chi connectivity index (χ2n) is 3.36. The van der Waals surface area contributed by atoms with Gasteiger partial charge in [-0.2, -0.15) is 0 Å². The highest BCUT2D eigenvalue weighted by Gasteiger charge is 2.22. The Morgan fingerprint density at radius 1 is 1.67 bits per heavy atom. The maximum absolute atomic E-state index is 11.3. The summed E-state index contributed by atoms with van der Waals surface area (Å²) in [5.74, 6) is 2.06. The van der Waals surface area contributed by atoms with E-state index in [1.54, 1.807) is 0 Å². The van der Waals surface area contributed by atoms with Crippen LogP contribution in [0.25, 0.3) is 0 Å². The largest absolute Gasteiger partial charge is 0.354 e. The van der Waals surface area contributed by atoms with Gasteiger partial charge in [0.1, 0.15) is 6.04 Å². The van der Waals surface area contributed by atoms with Gasteiger partial charge in [0.2, 0.25) is 11.8 Å². The molecule has 15 heavy (non-hydrogen) atoms. The highest BCUT2D eigenvalue weighted by molar-refractivity contribution is 5.88. The zero-order chi connectivity index (χ0) is 11.1. The molecule has 0 radical (unpaired) electrons. The molecule has 1 aliphatic heterocycles. The lowest BCUT2D eigenvalue weighted by Crippen LogP contribution is -2.51. The number of terminal acetylenes is 1. The molecule has 0 aliphatic carbocycles. The van der Waals surface area contributed by atoms with Crippen molar-refractivity contribution in [3.05, 3.63) is 0 Å². The van der Waals surface area contributed by atoms with Gasteiger partial charge in [0, 0.05) is 6.54 Å². The molecule has 0 aromatic rings. The summed E-state index contributed by atoms with van der Waals surface area (Å²) >= 11 is 0. The van der Waals surface area contributed by atoms with Crippen molar-refractivity contribution in [2.75, 3.05) is 19.6 Å². The second-order valence-corrected chi connectivity index (χ2v) is 3.36. The number of hydrogen-bond acceptors (Lipinski definition) is 3. The first-order valence-electron chi connectivity index (χ1n) is 4.95. The molecule has 1 heterocycles. The number of carbonyl (C=O) groups excluding carboxylic acids is 2. The summed E-state index contributed by atoms with van der Waals surface area (Å²) in [7, 11) is 0. The fraction of sp³-hybridized carbons (Fsp3) is 0.600. The third-order valence-electron chi connectivity index (χ3n) is 2.13. The van der Waals surface area contributed by atoms with Gasteiger partial charge in [-0.1, -0.05) is 5.92 Å². The van der Waals surface area contributed by atoms with E-state index in [0.29, 0.717) is 19.5 Å². The molecule has 1 atom stereocenters. The van der Waals surface area contributed by atoms with Crippen molar-refractivity contribution in [2.24, 2.45) is 0 Å². The Labute approximate surface area is 89.0 Å². The van der Waals surface area contributed by atoms with Crippen LogP contribution in [0.5, 0.6) is 0 Å². The summed E-state index contributed by atoms with van der Waals surface area (Å²) in [5.41, 5.74) is 0. The van der Waals surface area contributed by atoms with Crippen molar-refractivity contribution in [3.8, 4) is 12.3 Å². The minimum atomic E-state index is -0.390. The van der Waals surface area contributed by atoms with Crippen LogP contribution >= 0.6 is 0 Å². The highest BCUT2D eigenvalue weighted by atomic mass is 16.2. The summed E-state index contributed by atoms with van der Waals surface area (Å²) in [4.78, 5) is 22.6. The van der Waals surface area contributed by atoms with E-state index in [1.807, 2.05) is 0 Å². The summed E-state index contributed by atoms with van der Waals surface area (Å²) in [6.45, 7) is 1.19. The molecule has 1 saturated heterocycles. The third-order valence-corrected chi connectivity index (χ3v) is 2.13. The Morgan fingerprint density at radius 2 is 2.47 bits per heavy atom. The SMILES string of the molecule is C#CCNCC(=O)NC1CCCNC1=O. The molecule has 0 saturated carbocycles. The Morgan fingerprint density at radius 3 is 3.13 bits per heavy atom. The predicted molar refractivity (Wildman–Crippen MR) is 55.9 cm³/mol. The van der Waals surface area contributed by atoms with Crippen LogP contribution in [0.3, 0.4) is 0 Å². The molecule has 1 unspecified atom stereocenters. The van der Waals surface area contributed by atoms with Gasteiger partial charge in [-0.25, -0.2) is 0 Å². The van der Waals surface area contributed by atoms with Crippen LogP contribution in [0.1, 0.15) is 12.8 Å². The van der Waals surface area contributed by atoms with E-state index in [0.717, 1.165) is 6.42 Å². The van der Waals surface area contributed by atoms with Gasteiger partial charge in [-0.15, -0.1) is 6.42 Å². The Balaban J connectivity index is 2.24. The zero-order valence-corrected chi connectivity index (χ0v) is 8.51. The molecule has 0 aromatic heterocycles. The maximum Gasteiger partial charge on any atom is 0.242 e. The van der Waals surface area contributed by atoms with Crippen LogP contribution < -0.4 is 16.0 Å². The molecular weight excluding hydrogens is 194 g/mol. The molecule has 0 aromatic carbocycles. The topological polar surface area (TPSA) is 70.2 Å². The van der Waals surface area contributed by atoms with Gasteiger partial charge in [0.25, 0.3) is 0 Å². The maximum atomic E-state index is 11.3. The van der Waals surface area contributed by atoms with E-state index in [2.05, 4.69) is 21.9 Å². The van der Waals surface area contributed by atoms with Crippen LogP contribution in [-0.4, -0.2) is 37.5 Å². The third kappa shape index (κ3) is 4.00. The lowest BCUT2D eigenvalue weighted by atomic mass is 10.1. The quantitative estimate of drug-likeness (QED) is 0.394. The number of piperidine rings is 1. The lowest BCUT2D eigenvalue weighted by molar-refractivity contribution is -0.129. The van der Waals surface area contributed by atoms with Crippen molar-refractivity contribution in [1.29, 1.82) is 0 Å². The molecule has 82 valence electrons. The van der Waals surface area contributed by atoms with Crippen molar-refractivity contribution in [1.82, 2.24) is 16.0 Å². The number of nitrogens with one attached hydrogen (secondary N) is 3. The molecule has 2 amide bonds. The van der Waals surface area contributed by atoms with Crippen molar-refractivity contribution in [3.63, 3.8) is 0 Å². The van der Waals surface area contributed by atoms with E-state index in [4.69, 9.17) is 6.42 Å². The van der Waals surface area contributed by atoms with Gasteiger partial charge in [0.05, 0.1) is 13.1 Å². The first-order chi connectivity index (χ1) is 7.24. The number of carbonyl (C=O) groups is 2. The van der Waals surface area contributed by atoms with Gasteiger partial charge < -0.3 is 10.6 Å². The molecule has 1 aliphatic rings. The zero-order valence-electron chi connectivity index (χ0n) is 8.51. The summed E-state index contributed by atoms with van der Waals surface area (Å²) in [6, 6.07) is -0.390. The van der Waals surface area contributed by atoms with Crippen LogP contribution in [0.2, 0.25) is 0 Å². The minimum Gasteiger partial charge on any atom is -0.354 e. The summed E-state index contributed by atoms with van der Waals surface area (Å²) in [6.07, 6.45) is 6.61. The van der Waals surface area contributed by atoms with Crippen molar-refractivity contribution in [2.45, 2.75) is 18.9 Å². The number of amides is 2. The molecule has 0 bridgehead atoms. The van der Waals surface area contributed by atoms with Gasteiger partial charge in [-0.05, 0) is 12.8 Å². The monoisotopic (exact) mass is 209 g/mol. The molecule has 5 heteroatoms. The smallest absolute Gasteiger partial charge is 0.242 e. The van der Waals surface area contributed by atoms with E-state index in [9.17, 15) is 9.59 Å². The van der Waals surface area contributed by atoms with E-state index < -0.39 is 0 Å². The van der Waals surface area contributed by atoms with Crippen LogP contribution in [0.4, 0.5) is 0 Å². The van der Waals surface area contributed by atoms with Crippen LogP contribution in [-0.2, 0) is 9.59 Å². The van der Waals surface area contributed by atoms with Crippen molar-refractivity contribution >= 4 is 11.8 Å². The average molecular weight is 209 g/mol. The van der Waals surface area contributed by atoms with Crippen molar-refractivity contribution < 1.29 is 9.59 Å². The molecule has 0 spiro atoms. The molecule has 5 nitrogen and oxygen atoms in total. The van der Waals surface area contributed by atoms with Gasteiger partial charge >= 0.3 is 0 Å². The van der Waals surface area contributed by atoms with E-state index in [-0.39, 0.29) is 24.4 Å². The van der Waals surface area contributed by atoms with Gasteiger partial charge in [-0.3, -0.25) is 14.9 Å². The van der Waals surface area contributed by atoms with Crippen LogP contribution in [0.15, 0.2) is 0 Å². The molecular formula is C10H15N3O2. The lowest BCUT2D eigenvalue weighted by Gasteiger charge is -2.22. The predicted octanol–water partition coefficient (Wildman–Crippen LogP) is -1.40. The van der Waals surface area contributed by atoms with Gasteiger partial charge in [0.15, 0.2) is 0 Å². The van der Waals surface area contributed by atoms with Crippen LogP contribution in [0, 0.1) is 12.3 Å². The number of hydrogen-bond donors (Lipinski definition) is 3. The second kappa shape index (κ2) is 6.04. The molecule has 3 N–H and O–H groups in total. The number of rotatable bonds is 4. The molecule has 1 rings (SSSR count). The Hall–Kier alpha value is -1.54. The Bertz CT molecular complexity index is 283. The average Bonchev–Trinajstić information content (AvgIpc) is 2.22. The molecule has 1 fully saturated rings. The highest BCUT2D eigenvalue weighted by Crippen LogP contribution is 2.02. The minimum absolute atomic E-state index is 0.105.